The maximum atomic E-state index is 12.2. The van der Waals surface area contributed by atoms with Crippen molar-refractivity contribution >= 4 is 29.3 Å². The number of hydrogen-bond acceptors (Lipinski definition) is 6. The van der Waals surface area contributed by atoms with Crippen LogP contribution in [0.15, 0.2) is 42.5 Å². The highest BCUT2D eigenvalue weighted by atomic mass is 32.1. The Morgan fingerprint density at radius 2 is 1.66 bits per heavy atom. The van der Waals surface area contributed by atoms with Gasteiger partial charge < -0.3 is 24.3 Å². The van der Waals surface area contributed by atoms with Gasteiger partial charge in [-0.15, -0.1) is 0 Å². The molecule has 2 N–H and O–H groups in total. The van der Waals surface area contributed by atoms with Crippen molar-refractivity contribution in [3.8, 4) is 23.0 Å². The Labute approximate surface area is 194 Å². The molecule has 0 heterocycles. The highest BCUT2D eigenvalue weighted by Crippen LogP contribution is 2.29. The van der Waals surface area contributed by atoms with Crippen LogP contribution in [0, 0.1) is 0 Å². The summed E-state index contributed by atoms with van der Waals surface area (Å²) >= 11 is 5.22. The fourth-order valence-corrected chi connectivity index (χ4v) is 2.95. The third kappa shape index (κ3) is 7.77. The van der Waals surface area contributed by atoms with Gasteiger partial charge in [-0.1, -0.05) is 25.5 Å². The molecular weight excluding hydrogens is 428 g/mol. The van der Waals surface area contributed by atoms with Gasteiger partial charge in [0.25, 0.3) is 0 Å². The van der Waals surface area contributed by atoms with Crippen molar-refractivity contribution in [2.45, 2.75) is 26.3 Å². The monoisotopic (exact) mass is 458 g/mol. The number of amides is 1. The molecule has 0 aliphatic carbocycles. The number of hydrogen-bond donors (Lipinski definition) is 2. The summed E-state index contributed by atoms with van der Waals surface area (Å²) in [5.74, 6) is 2.24. The van der Waals surface area contributed by atoms with Crippen molar-refractivity contribution in [1.82, 2.24) is 10.6 Å². The van der Waals surface area contributed by atoms with Crippen molar-refractivity contribution in [3.05, 3.63) is 53.6 Å². The summed E-state index contributed by atoms with van der Waals surface area (Å²) in [6.07, 6.45) is 5.13. The van der Waals surface area contributed by atoms with Gasteiger partial charge in [0.15, 0.2) is 28.1 Å². The van der Waals surface area contributed by atoms with Crippen LogP contribution in [0.1, 0.15) is 30.9 Å². The molecule has 0 fully saturated rings. The summed E-state index contributed by atoms with van der Waals surface area (Å²) in [6, 6.07) is 11.1. The van der Waals surface area contributed by atoms with E-state index in [0.717, 1.165) is 24.0 Å². The lowest BCUT2D eigenvalue weighted by Gasteiger charge is -2.13. The van der Waals surface area contributed by atoms with E-state index in [0.29, 0.717) is 36.1 Å². The molecule has 0 radical (unpaired) electrons. The maximum absolute atomic E-state index is 12.2. The molecule has 172 valence electrons. The zero-order chi connectivity index (χ0) is 23.3. The predicted molar refractivity (Wildman–Crippen MR) is 130 cm³/mol. The summed E-state index contributed by atoms with van der Waals surface area (Å²) < 4.78 is 21.6. The largest absolute Gasteiger partial charge is 0.493 e. The van der Waals surface area contributed by atoms with Crippen molar-refractivity contribution in [3.63, 3.8) is 0 Å². The maximum Gasteiger partial charge on any atom is 0.250 e. The Morgan fingerprint density at radius 3 is 2.34 bits per heavy atom. The minimum Gasteiger partial charge on any atom is -0.493 e. The Hall–Kier alpha value is -3.26. The molecule has 0 aliphatic heterocycles. The highest BCUT2D eigenvalue weighted by molar-refractivity contribution is 7.80. The van der Waals surface area contributed by atoms with Gasteiger partial charge in [0.2, 0.25) is 5.91 Å². The second kappa shape index (κ2) is 13.2. The molecule has 2 aromatic rings. The molecule has 0 saturated heterocycles. The van der Waals surface area contributed by atoms with Crippen LogP contribution < -0.4 is 29.6 Å². The second-order valence-electron chi connectivity index (χ2n) is 6.81. The highest BCUT2D eigenvalue weighted by Gasteiger charge is 2.07. The summed E-state index contributed by atoms with van der Waals surface area (Å²) in [4.78, 5) is 12.2. The van der Waals surface area contributed by atoms with E-state index in [4.69, 9.17) is 31.2 Å². The predicted octanol–water partition coefficient (Wildman–Crippen LogP) is 4.10. The standard InChI is InChI=1S/C24H30N2O5S/c1-5-6-13-31-20-11-8-18(15-22(20)30-4)16-25-24(32)26-23(27)12-9-17-7-10-19(28-2)21(14-17)29-3/h7-12,14-15H,5-6,13,16H2,1-4H3,(H2,25,26,27,32)/b12-9+. The molecule has 0 saturated carbocycles. The van der Waals surface area contributed by atoms with Gasteiger partial charge in [-0.2, -0.15) is 0 Å². The molecule has 1 amide bonds. The second-order valence-corrected chi connectivity index (χ2v) is 7.22. The number of methoxy groups -OCH3 is 3. The smallest absolute Gasteiger partial charge is 0.250 e. The Bertz CT molecular complexity index is 946. The summed E-state index contributed by atoms with van der Waals surface area (Å²) in [5.41, 5.74) is 1.74. The summed E-state index contributed by atoms with van der Waals surface area (Å²) in [7, 11) is 4.74. The lowest BCUT2D eigenvalue weighted by atomic mass is 10.2. The van der Waals surface area contributed by atoms with Crippen LogP contribution in [-0.4, -0.2) is 39.0 Å². The molecule has 0 atom stereocenters. The molecule has 0 aromatic heterocycles. The van der Waals surface area contributed by atoms with Crippen LogP contribution >= 0.6 is 12.2 Å². The SMILES string of the molecule is CCCCOc1ccc(CNC(=S)NC(=O)/C=C/c2ccc(OC)c(OC)c2)cc1OC. The molecule has 0 unspecified atom stereocenters. The molecule has 2 rings (SSSR count). The number of thiocarbonyl (C=S) groups is 1. The number of ether oxygens (including phenoxy) is 4. The van der Waals surface area contributed by atoms with E-state index >= 15 is 0 Å². The van der Waals surface area contributed by atoms with Crippen LogP contribution in [-0.2, 0) is 11.3 Å². The molecule has 32 heavy (non-hydrogen) atoms. The molecule has 0 aliphatic rings. The first-order chi connectivity index (χ1) is 15.5. The first-order valence-electron chi connectivity index (χ1n) is 10.3. The van der Waals surface area contributed by atoms with E-state index in [1.54, 1.807) is 39.5 Å². The number of carbonyl (C=O) groups excluding carboxylic acids is 1. The van der Waals surface area contributed by atoms with Crippen molar-refractivity contribution in [1.29, 1.82) is 0 Å². The van der Waals surface area contributed by atoms with Crippen LogP contribution in [0.4, 0.5) is 0 Å². The number of nitrogens with one attached hydrogen (secondary N) is 2. The Kier molecular flexibility index (Phi) is 10.3. The molecule has 7 nitrogen and oxygen atoms in total. The number of rotatable bonds is 11. The zero-order valence-electron chi connectivity index (χ0n) is 18.9. The number of unbranched alkanes of at least 4 members (excludes halogenated alkanes) is 1. The van der Waals surface area contributed by atoms with E-state index in [-0.39, 0.29) is 11.0 Å². The molecule has 8 heteroatoms. The minimum atomic E-state index is -0.338. The lowest BCUT2D eigenvalue weighted by molar-refractivity contribution is -0.115. The Morgan fingerprint density at radius 1 is 0.969 bits per heavy atom. The third-order valence-electron chi connectivity index (χ3n) is 4.51. The van der Waals surface area contributed by atoms with Gasteiger partial charge in [0.05, 0.1) is 27.9 Å². The van der Waals surface area contributed by atoms with Gasteiger partial charge in [0.1, 0.15) is 0 Å². The van der Waals surface area contributed by atoms with Crippen molar-refractivity contribution in [2.75, 3.05) is 27.9 Å². The lowest BCUT2D eigenvalue weighted by Crippen LogP contribution is -2.37. The zero-order valence-corrected chi connectivity index (χ0v) is 19.7. The first-order valence-corrected chi connectivity index (χ1v) is 10.7. The van der Waals surface area contributed by atoms with Gasteiger partial charge in [0, 0.05) is 12.6 Å². The van der Waals surface area contributed by atoms with Crippen LogP contribution in [0.2, 0.25) is 0 Å². The van der Waals surface area contributed by atoms with Crippen LogP contribution in [0.5, 0.6) is 23.0 Å². The first kappa shape index (κ1) is 25.0. The van der Waals surface area contributed by atoms with Gasteiger partial charge >= 0.3 is 0 Å². The van der Waals surface area contributed by atoms with E-state index in [2.05, 4.69) is 17.6 Å². The van der Waals surface area contributed by atoms with Crippen LogP contribution in [0.3, 0.4) is 0 Å². The van der Waals surface area contributed by atoms with Gasteiger partial charge in [-0.3, -0.25) is 10.1 Å². The fourth-order valence-electron chi connectivity index (χ4n) is 2.78. The fraction of sp³-hybridized carbons (Fsp3) is 0.333. The van der Waals surface area contributed by atoms with E-state index in [1.807, 2.05) is 24.3 Å². The van der Waals surface area contributed by atoms with E-state index < -0.39 is 0 Å². The van der Waals surface area contributed by atoms with Crippen LogP contribution in [0.25, 0.3) is 6.08 Å². The number of benzene rings is 2. The minimum absolute atomic E-state index is 0.231. The average molecular weight is 459 g/mol. The normalized spacial score (nSPS) is 10.5. The number of carbonyl (C=O) groups is 1. The van der Waals surface area contributed by atoms with Crippen molar-refractivity contribution in [2.24, 2.45) is 0 Å². The molecule has 0 spiro atoms. The quantitative estimate of drug-likeness (QED) is 0.298. The topological polar surface area (TPSA) is 78.1 Å². The summed E-state index contributed by atoms with van der Waals surface area (Å²) in [6.45, 7) is 3.20. The average Bonchev–Trinajstić information content (AvgIpc) is 2.81. The van der Waals surface area contributed by atoms with Gasteiger partial charge in [-0.25, -0.2) is 0 Å². The van der Waals surface area contributed by atoms with Crippen molar-refractivity contribution < 1.29 is 23.7 Å². The van der Waals surface area contributed by atoms with Gasteiger partial charge in [-0.05, 0) is 60.1 Å². The van der Waals surface area contributed by atoms with E-state index in [1.165, 1.54) is 6.08 Å². The molecule has 2 aromatic carbocycles. The Balaban J connectivity index is 1.87. The van der Waals surface area contributed by atoms with E-state index in [9.17, 15) is 4.79 Å². The summed E-state index contributed by atoms with van der Waals surface area (Å²) in [5, 5.41) is 5.88. The molecule has 0 bridgehead atoms. The third-order valence-corrected chi connectivity index (χ3v) is 4.75. The molecular formula is C24H30N2O5S.